The van der Waals surface area contributed by atoms with Crippen molar-refractivity contribution in [2.24, 2.45) is 16.6 Å². The Morgan fingerprint density at radius 2 is 1.86 bits per heavy atom. The Labute approximate surface area is 86.2 Å². The van der Waals surface area contributed by atoms with Gasteiger partial charge in [-0.25, -0.2) is 0 Å². The highest BCUT2D eigenvalue weighted by atomic mass is 15.1. The summed E-state index contributed by atoms with van der Waals surface area (Å²) < 4.78 is 0. The largest absolute Gasteiger partial charge is 0.370 e. The van der Waals surface area contributed by atoms with Crippen molar-refractivity contribution in [3.8, 4) is 0 Å². The Kier molecular flexibility index (Phi) is 3.27. The first-order valence-corrected chi connectivity index (χ1v) is 5.91. The van der Waals surface area contributed by atoms with Crippen LogP contribution in [0.25, 0.3) is 0 Å². The van der Waals surface area contributed by atoms with E-state index in [-0.39, 0.29) is 0 Å². The van der Waals surface area contributed by atoms with Crippen LogP contribution in [-0.2, 0) is 0 Å². The summed E-state index contributed by atoms with van der Waals surface area (Å²) in [5.41, 5.74) is 5.82. The third-order valence-electron chi connectivity index (χ3n) is 3.45. The molecule has 0 unspecified atom stereocenters. The molecule has 0 saturated heterocycles. The number of aliphatic imine (C=N–C) groups is 1. The minimum absolute atomic E-state index is 0.597. The van der Waals surface area contributed by atoms with E-state index < -0.39 is 0 Å². The van der Waals surface area contributed by atoms with Gasteiger partial charge in [-0.3, -0.25) is 4.99 Å². The van der Waals surface area contributed by atoms with E-state index in [9.17, 15) is 0 Å². The maximum atomic E-state index is 5.82. The van der Waals surface area contributed by atoms with Gasteiger partial charge in [0.15, 0.2) is 5.96 Å². The molecule has 0 radical (unpaired) electrons. The first kappa shape index (κ1) is 9.81. The molecule has 3 heteroatoms. The predicted octanol–water partition coefficient (Wildman–Crippen LogP) is 1.63. The fraction of sp³-hybridized carbons (Fsp3) is 0.909. The molecule has 2 fully saturated rings. The molecule has 3 nitrogen and oxygen atoms in total. The number of nitrogens with two attached hydrogens (primary N) is 1. The van der Waals surface area contributed by atoms with Gasteiger partial charge >= 0.3 is 0 Å². The minimum Gasteiger partial charge on any atom is -0.370 e. The summed E-state index contributed by atoms with van der Waals surface area (Å²) in [5.74, 6) is 1.49. The molecule has 0 atom stereocenters. The van der Waals surface area contributed by atoms with Crippen LogP contribution in [0.2, 0.25) is 0 Å². The maximum absolute atomic E-state index is 5.82. The average molecular weight is 195 g/mol. The van der Waals surface area contributed by atoms with Crippen molar-refractivity contribution < 1.29 is 0 Å². The zero-order valence-electron chi connectivity index (χ0n) is 8.84. The Morgan fingerprint density at radius 3 is 2.43 bits per heavy atom. The second-order valence-corrected chi connectivity index (χ2v) is 4.65. The highest BCUT2D eigenvalue weighted by molar-refractivity contribution is 5.78. The van der Waals surface area contributed by atoms with E-state index in [1.165, 1.54) is 44.9 Å². The quantitative estimate of drug-likeness (QED) is 0.531. The molecule has 0 bridgehead atoms. The van der Waals surface area contributed by atoms with Crippen molar-refractivity contribution in [1.82, 2.24) is 5.32 Å². The Morgan fingerprint density at radius 1 is 1.14 bits per heavy atom. The molecule has 3 N–H and O–H groups in total. The van der Waals surface area contributed by atoms with Crippen LogP contribution in [0.4, 0.5) is 0 Å². The van der Waals surface area contributed by atoms with Crippen molar-refractivity contribution in [2.45, 2.75) is 51.0 Å². The number of nitrogens with zero attached hydrogens (tertiary/aromatic N) is 1. The van der Waals surface area contributed by atoms with Crippen molar-refractivity contribution in [1.29, 1.82) is 0 Å². The van der Waals surface area contributed by atoms with Gasteiger partial charge in [0, 0.05) is 12.6 Å². The standard InChI is InChI=1S/C11H21N3/c12-11(13-8-9-4-3-5-9)14-10-6-1-2-7-10/h9-10H,1-8H2,(H3,12,13,14). The lowest BCUT2D eigenvalue weighted by atomic mass is 9.86. The lowest BCUT2D eigenvalue weighted by molar-refractivity contribution is 0.326. The maximum Gasteiger partial charge on any atom is 0.188 e. The van der Waals surface area contributed by atoms with Crippen molar-refractivity contribution >= 4 is 5.96 Å². The fourth-order valence-electron chi connectivity index (χ4n) is 2.23. The molecule has 2 aliphatic rings. The van der Waals surface area contributed by atoms with Crippen LogP contribution in [-0.4, -0.2) is 18.5 Å². The van der Waals surface area contributed by atoms with E-state index in [4.69, 9.17) is 5.73 Å². The van der Waals surface area contributed by atoms with Crippen LogP contribution >= 0.6 is 0 Å². The van der Waals surface area contributed by atoms with E-state index in [0.717, 1.165) is 12.5 Å². The summed E-state index contributed by atoms with van der Waals surface area (Å²) in [4.78, 5) is 4.39. The number of rotatable bonds is 3. The van der Waals surface area contributed by atoms with E-state index in [1.54, 1.807) is 0 Å². The lowest BCUT2D eigenvalue weighted by Gasteiger charge is -2.23. The highest BCUT2D eigenvalue weighted by Gasteiger charge is 2.17. The molecule has 0 heterocycles. The van der Waals surface area contributed by atoms with Gasteiger partial charge in [-0.15, -0.1) is 0 Å². The summed E-state index contributed by atoms with van der Waals surface area (Å²) in [6.45, 7) is 0.936. The second-order valence-electron chi connectivity index (χ2n) is 4.65. The molecule has 0 aromatic rings. The van der Waals surface area contributed by atoms with Crippen LogP contribution in [0.5, 0.6) is 0 Å². The van der Waals surface area contributed by atoms with Crippen LogP contribution in [0.15, 0.2) is 4.99 Å². The third-order valence-corrected chi connectivity index (χ3v) is 3.45. The molecule has 0 aromatic carbocycles. The number of hydrogen-bond acceptors (Lipinski definition) is 1. The summed E-state index contributed by atoms with van der Waals surface area (Å²) in [5, 5.41) is 3.31. The van der Waals surface area contributed by atoms with Gasteiger partial charge in [0.2, 0.25) is 0 Å². The van der Waals surface area contributed by atoms with E-state index in [2.05, 4.69) is 10.3 Å². The fourth-order valence-corrected chi connectivity index (χ4v) is 2.23. The van der Waals surface area contributed by atoms with Gasteiger partial charge in [0.05, 0.1) is 0 Å². The zero-order valence-corrected chi connectivity index (χ0v) is 8.84. The minimum atomic E-state index is 0.597. The molecule has 80 valence electrons. The summed E-state index contributed by atoms with van der Waals surface area (Å²) in [6.07, 6.45) is 9.29. The molecule has 0 spiro atoms. The van der Waals surface area contributed by atoms with Gasteiger partial charge in [-0.2, -0.15) is 0 Å². The molecule has 14 heavy (non-hydrogen) atoms. The Hall–Kier alpha value is -0.730. The van der Waals surface area contributed by atoms with Gasteiger partial charge in [0.1, 0.15) is 0 Å². The Balaban J connectivity index is 1.67. The van der Waals surface area contributed by atoms with Crippen molar-refractivity contribution in [2.75, 3.05) is 6.54 Å². The van der Waals surface area contributed by atoms with E-state index >= 15 is 0 Å². The lowest BCUT2D eigenvalue weighted by Crippen LogP contribution is -2.39. The first-order chi connectivity index (χ1) is 6.84. The SMILES string of the molecule is NC(=NCC1CCC1)NC1CCCC1. The molecule has 0 aromatic heterocycles. The molecular formula is C11H21N3. The summed E-state index contributed by atoms with van der Waals surface area (Å²) in [6, 6.07) is 0.597. The second kappa shape index (κ2) is 4.67. The van der Waals surface area contributed by atoms with Gasteiger partial charge in [0.25, 0.3) is 0 Å². The van der Waals surface area contributed by atoms with Gasteiger partial charge in [-0.1, -0.05) is 19.3 Å². The van der Waals surface area contributed by atoms with Crippen LogP contribution in [0, 0.1) is 5.92 Å². The van der Waals surface area contributed by atoms with Crippen LogP contribution < -0.4 is 11.1 Å². The zero-order chi connectivity index (χ0) is 9.80. The third kappa shape index (κ3) is 2.63. The molecule has 0 amide bonds. The molecule has 2 rings (SSSR count). The smallest absolute Gasteiger partial charge is 0.188 e. The van der Waals surface area contributed by atoms with Crippen molar-refractivity contribution in [3.05, 3.63) is 0 Å². The molecule has 2 saturated carbocycles. The molecule has 0 aliphatic heterocycles. The summed E-state index contributed by atoms with van der Waals surface area (Å²) in [7, 11) is 0. The van der Waals surface area contributed by atoms with Crippen LogP contribution in [0.1, 0.15) is 44.9 Å². The van der Waals surface area contributed by atoms with Gasteiger partial charge < -0.3 is 11.1 Å². The van der Waals surface area contributed by atoms with E-state index in [1.807, 2.05) is 0 Å². The molecule has 2 aliphatic carbocycles. The predicted molar refractivity (Wildman–Crippen MR) is 59.2 cm³/mol. The highest BCUT2D eigenvalue weighted by Crippen LogP contribution is 2.26. The number of guanidine groups is 1. The van der Waals surface area contributed by atoms with Crippen LogP contribution in [0.3, 0.4) is 0 Å². The first-order valence-electron chi connectivity index (χ1n) is 5.91. The number of nitrogens with one attached hydrogen (secondary N) is 1. The topological polar surface area (TPSA) is 50.4 Å². The Bertz CT molecular complexity index is 203. The van der Waals surface area contributed by atoms with E-state index in [0.29, 0.717) is 12.0 Å². The molecular weight excluding hydrogens is 174 g/mol. The number of hydrogen-bond donors (Lipinski definition) is 2. The normalized spacial score (nSPS) is 25.0. The monoisotopic (exact) mass is 195 g/mol. The van der Waals surface area contributed by atoms with Gasteiger partial charge in [-0.05, 0) is 31.6 Å². The summed E-state index contributed by atoms with van der Waals surface area (Å²) >= 11 is 0. The van der Waals surface area contributed by atoms with Crippen molar-refractivity contribution in [3.63, 3.8) is 0 Å². The average Bonchev–Trinajstić information content (AvgIpc) is 2.54.